The summed E-state index contributed by atoms with van der Waals surface area (Å²) in [4.78, 5) is 59.1. The summed E-state index contributed by atoms with van der Waals surface area (Å²) < 4.78 is 0. The fraction of sp³-hybridized carbons (Fsp3) is 0.333. The van der Waals surface area contributed by atoms with Gasteiger partial charge in [-0.15, -0.1) is 0 Å². The molecule has 2 aromatic heterocycles. The largest absolute Gasteiger partial charge is 0.480 e. The minimum Gasteiger partial charge on any atom is -0.480 e. The van der Waals surface area contributed by atoms with E-state index in [2.05, 4.69) is 22.1 Å². The number of H-pyrrole nitrogens is 2. The van der Waals surface area contributed by atoms with E-state index in [-0.39, 0.29) is 36.7 Å². The van der Waals surface area contributed by atoms with Crippen LogP contribution in [0, 0.1) is 0 Å². The molecule has 2 fully saturated rings. The minimum absolute atomic E-state index is 0.107. The van der Waals surface area contributed by atoms with Gasteiger partial charge in [-0.25, -0.2) is 9.59 Å². The molecule has 0 unspecified atom stereocenters. The number of benzene rings is 2. The number of hydrogen-bond donors (Lipinski definition) is 4. The molecule has 4 N–H and O–H groups in total. The zero-order valence-corrected chi connectivity index (χ0v) is 21.4. The van der Waals surface area contributed by atoms with Gasteiger partial charge in [-0.3, -0.25) is 9.59 Å². The lowest BCUT2D eigenvalue weighted by molar-refractivity contribution is -0.150. The highest BCUT2D eigenvalue weighted by molar-refractivity contribution is 5.96. The fourth-order valence-electron chi connectivity index (χ4n) is 7.67. The maximum atomic E-state index is 12.5. The Bertz CT molecular complexity index is 1690. The van der Waals surface area contributed by atoms with Crippen molar-refractivity contribution in [3.63, 3.8) is 0 Å². The Labute approximate surface area is 227 Å². The van der Waals surface area contributed by atoms with E-state index in [4.69, 9.17) is 0 Å². The van der Waals surface area contributed by atoms with Crippen LogP contribution in [0.3, 0.4) is 0 Å². The Morgan fingerprint density at radius 3 is 1.52 bits per heavy atom. The molecule has 2 aromatic carbocycles. The highest BCUT2D eigenvalue weighted by Crippen LogP contribution is 2.45. The third-order valence-electron chi connectivity index (χ3n) is 9.43. The third kappa shape index (κ3) is 3.04. The standard InChI is InChI=1S/C30H26N4O6/c35-25-7-5-21-27-17(11-23(29(37)38)33(21)25)15-3-1-13(9-19(15)31-27)14-2-4-16-18-12-24(30(39)40)34-22(6-8-26(34)36)28(18)32-20(16)10-14/h1-4,9-10,21-24,31-32H,5-8,11-12H2,(H,37,38)(H,39,40)/t21-,22-,23-,24+/m1/s1. The Balaban J connectivity index is 1.19. The molecule has 10 heteroatoms. The maximum absolute atomic E-state index is 12.5. The number of nitrogens with one attached hydrogen (secondary N) is 2. The van der Waals surface area contributed by atoms with Gasteiger partial charge in [0.2, 0.25) is 11.8 Å². The molecule has 0 saturated carbocycles. The third-order valence-corrected chi connectivity index (χ3v) is 9.43. The monoisotopic (exact) mass is 538 g/mol. The molecule has 6 heterocycles. The summed E-state index contributed by atoms with van der Waals surface area (Å²) in [7, 11) is 0. The molecule has 4 aliphatic rings. The smallest absolute Gasteiger partial charge is 0.326 e. The van der Waals surface area contributed by atoms with Crippen LogP contribution in [-0.4, -0.2) is 65.8 Å². The fourth-order valence-corrected chi connectivity index (χ4v) is 7.67. The Morgan fingerprint density at radius 2 is 1.12 bits per heavy atom. The summed E-state index contributed by atoms with van der Waals surface area (Å²) in [6, 6.07) is 10.0. The van der Waals surface area contributed by atoms with Crippen molar-refractivity contribution >= 4 is 45.6 Å². The zero-order chi connectivity index (χ0) is 27.4. The first-order valence-corrected chi connectivity index (χ1v) is 13.7. The van der Waals surface area contributed by atoms with E-state index in [1.165, 1.54) is 9.80 Å². The second-order valence-electron chi connectivity index (χ2n) is 11.4. The van der Waals surface area contributed by atoms with Crippen LogP contribution < -0.4 is 0 Å². The van der Waals surface area contributed by atoms with Gasteiger partial charge in [-0.05, 0) is 47.2 Å². The number of rotatable bonds is 3. The molecule has 40 heavy (non-hydrogen) atoms. The van der Waals surface area contributed by atoms with Crippen molar-refractivity contribution in [3.05, 3.63) is 58.9 Å². The summed E-state index contributed by atoms with van der Waals surface area (Å²) in [5.74, 6) is -2.16. The van der Waals surface area contributed by atoms with Gasteiger partial charge in [0, 0.05) is 58.9 Å². The van der Waals surface area contributed by atoms with Crippen LogP contribution >= 0.6 is 0 Å². The second-order valence-corrected chi connectivity index (χ2v) is 11.4. The molecular weight excluding hydrogens is 512 g/mol. The van der Waals surface area contributed by atoms with Crippen molar-refractivity contribution in [1.29, 1.82) is 0 Å². The molecule has 202 valence electrons. The average Bonchev–Trinajstić information content (AvgIpc) is 3.70. The summed E-state index contributed by atoms with van der Waals surface area (Å²) in [5.41, 5.74) is 7.60. The lowest BCUT2D eigenvalue weighted by Gasteiger charge is -2.35. The van der Waals surface area contributed by atoms with E-state index in [9.17, 15) is 29.4 Å². The van der Waals surface area contributed by atoms with Crippen LogP contribution in [0.5, 0.6) is 0 Å². The highest BCUT2D eigenvalue weighted by atomic mass is 16.4. The summed E-state index contributed by atoms with van der Waals surface area (Å²) in [6.45, 7) is 0. The van der Waals surface area contributed by atoms with Crippen molar-refractivity contribution < 1.29 is 29.4 Å². The molecule has 4 aromatic rings. The lowest BCUT2D eigenvalue weighted by atomic mass is 9.91. The van der Waals surface area contributed by atoms with Crippen LogP contribution in [0.25, 0.3) is 32.9 Å². The predicted octanol–water partition coefficient (Wildman–Crippen LogP) is 3.66. The van der Waals surface area contributed by atoms with Crippen molar-refractivity contribution in [2.24, 2.45) is 0 Å². The van der Waals surface area contributed by atoms with Crippen LogP contribution in [0.1, 0.15) is 60.3 Å². The number of carboxylic acid groups (broad SMARTS) is 2. The molecule has 0 aliphatic carbocycles. The number of carbonyl (C=O) groups excluding carboxylic acids is 2. The molecule has 4 atom stereocenters. The van der Waals surface area contributed by atoms with Crippen LogP contribution in [0.15, 0.2) is 36.4 Å². The van der Waals surface area contributed by atoms with E-state index in [0.717, 1.165) is 55.4 Å². The van der Waals surface area contributed by atoms with Crippen LogP contribution in [0.4, 0.5) is 0 Å². The molecule has 2 amide bonds. The molecule has 0 spiro atoms. The van der Waals surface area contributed by atoms with E-state index < -0.39 is 24.0 Å². The minimum atomic E-state index is -0.974. The van der Waals surface area contributed by atoms with E-state index in [1.54, 1.807) is 0 Å². The van der Waals surface area contributed by atoms with E-state index in [1.807, 2.05) is 24.3 Å². The Hall–Kier alpha value is -4.60. The van der Waals surface area contributed by atoms with Crippen molar-refractivity contribution in [3.8, 4) is 11.1 Å². The van der Waals surface area contributed by atoms with Crippen molar-refractivity contribution in [2.45, 2.75) is 62.7 Å². The number of nitrogens with zero attached hydrogens (tertiary/aromatic N) is 2. The molecule has 4 aliphatic heterocycles. The van der Waals surface area contributed by atoms with Gasteiger partial charge in [-0.1, -0.05) is 24.3 Å². The highest BCUT2D eigenvalue weighted by Gasteiger charge is 2.47. The molecule has 10 nitrogen and oxygen atoms in total. The first-order valence-electron chi connectivity index (χ1n) is 13.7. The number of aromatic nitrogens is 2. The molecule has 0 bridgehead atoms. The van der Waals surface area contributed by atoms with Gasteiger partial charge in [0.05, 0.1) is 12.1 Å². The van der Waals surface area contributed by atoms with Crippen molar-refractivity contribution in [1.82, 2.24) is 19.8 Å². The van der Waals surface area contributed by atoms with E-state index >= 15 is 0 Å². The SMILES string of the molecule is O=C(O)[C@H]1Cc2c([nH]c3cc(-c4ccc5c6c([nH]c5c4)[C@H]4CCC(=O)N4[C@H](C(=O)O)C6)ccc23)[C@H]2CCC(=O)N12. The number of carbonyl (C=O) groups is 4. The number of aromatic amines is 2. The first kappa shape index (κ1) is 23.3. The van der Waals surface area contributed by atoms with E-state index in [0.29, 0.717) is 25.7 Å². The Kier molecular flexibility index (Phi) is 4.64. The normalized spacial score (nSPS) is 25.3. The second kappa shape index (κ2) is 7.97. The number of carboxylic acids is 2. The van der Waals surface area contributed by atoms with Gasteiger partial charge >= 0.3 is 11.9 Å². The predicted molar refractivity (Wildman–Crippen MR) is 143 cm³/mol. The van der Waals surface area contributed by atoms with Gasteiger partial charge in [0.1, 0.15) is 12.1 Å². The Morgan fingerprint density at radius 1 is 0.700 bits per heavy atom. The number of fused-ring (bicyclic) bond motifs is 10. The number of aliphatic carboxylic acids is 2. The van der Waals surface area contributed by atoms with Gasteiger partial charge < -0.3 is 30.0 Å². The van der Waals surface area contributed by atoms with Gasteiger partial charge in [0.25, 0.3) is 0 Å². The maximum Gasteiger partial charge on any atom is 0.326 e. The lowest BCUT2D eigenvalue weighted by Crippen LogP contribution is -2.47. The van der Waals surface area contributed by atoms with Crippen LogP contribution in [-0.2, 0) is 32.0 Å². The quantitative estimate of drug-likeness (QED) is 0.313. The molecule has 2 saturated heterocycles. The first-order chi connectivity index (χ1) is 19.3. The van der Waals surface area contributed by atoms with Crippen molar-refractivity contribution in [2.75, 3.05) is 0 Å². The van der Waals surface area contributed by atoms with Gasteiger partial charge in [0.15, 0.2) is 0 Å². The number of hydrogen-bond acceptors (Lipinski definition) is 4. The van der Waals surface area contributed by atoms with Gasteiger partial charge in [-0.2, -0.15) is 0 Å². The summed E-state index contributed by atoms with van der Waals surface area (Å²) >= 11 is 0. The summed E-state index contributed by atoms with van der Waals surface area (Å²) in [6.07, 6.45) is 2.49. The molecule has 0 radical (unpaired) electrons. The topological polar surface area (TPSA) is 147 Å². The number of amides is 2. The van der Waals surface area contributed by atoms with Crippen LogP contribution in [0.2, 0.25) is 0 Å². The summed E-state index contributed by atoms with van der Waals surface area (Å²) in [5, 5.41) is 21.6. The molecular formula is C30H26N4O6. The zero-order valence-electron chi connectivity index (χ0n) is 21.4. The average molecular weight is 539 g/mol. The molecule has 8 rings (SSSR count).